The van der Waals surface area contributed by atoms with E-state index in [1.54, 1.807) is 24.3 Å². The Bertz CT molecular complexity index is 899. The highest BCUT2D eigenvalue weighted by atomic mass is 16.5. The highest BCUT2D eigenvalue weighted by Gasteiger charge is 2.05. The van der Waals surface area contributed by atoms with Gasteiger partial charge in [0.15, 0.2) is 0 Å². The summed E-state index contributed by atoms with van der Waals surface area (Å²) in [6.07, 6.45) is 1.38. The second kappa shape index (κ2) is 8.19. The van der Waals surface area contributed by atoms with Crippen LogP contribution in [0.2, 0.25) is 0 Å². The summed E-state index contributed by atoms with van der Waals surface area (Å²) in [5.41, 5.74) is 1.80. The summed E-state index contributed by atoms with van der Waals surface area (Å²) in [5, 5.41) is 11.7. The van der Waals surface area contributed by atoms with Crippen molar-refractivity contribution in [1.29, 1.82) is 0 Å². The number of aromatic amines is 2. The molecule has 2 aromatic rings. The molecule has 0 spiro atoms. The molecular formula is C14H14N6O5. The molecule has 25 heavy (non-hydrogen) atoms. The lowest BCUT2D eigenvalue weighted by atomic mass is 10.1. The van der Waals surface area contributed by atoms with E-state index in [-0.39, 0.29) is 12.4 Å². The average molecular weight is 346 g/mol. The molecule has 0 saturated carbocycles. The summed E-state index contributed by atoms with van der Waals surface area (Å²) in [7, 11) is 1.29. The summed E-state index contributed by atoms with van der Waals surface area (Å²) in [6, 6.07) is 6.38. The summed E-state index contributed by atoms with van der Waals surface area (Å²) >= 11 is 0. The first-order chi connectivity index (χ1) is 12.0. The van der Waals surface area contributed by atoms with Crippen molar-refractivity contribution in [2.24, 2.45) is 5.10 Å². The molecule has 0 bridgehead atoms. The minimum absolute atomic E-state index is 0.197. The number of hydrazone groups is 1. The number of H-pyrrole nitrogens is 2. The lowest BCUT2D eigenvalue weighted by Crippen LogP contribution is -2.31. The zero-order valence-corrected chi connectivity index (χ0v) is 13.0. The smallest absolute Gasteiger partial charge is 0.342 e. The lowest BCUT2D eigenvalue weighted by molar-refractivity contribution is -0.119. The summed E-state index contributed by atoms with van der Waals surface area (Å²) < 4.78 is 4.58. The summed E-state index contributed by atoms with van der Waals surface area (Å²) in [4.78, 5) is 47.0. The van der Waals surface area contributed by atoms with Crippen LogP contribution < -0.4 is 22.0 Å². The van der Waals surface area contributed by atoms with Gasteiger partial charge in [0.1, 0.15) is 0 Å². The number of benzene rings is 1. The van der Waals surface area contributed by atoms with Gasteiger partial charge < -0.3 is 10.1 Å². The van der Waals surface area contributed by atoms with Gasteiger partial charge in [0.2, 0.25) is 5.82 Å². The first kappa shape index (κ1) is 17.6. The van der Waals surface area contributed by atoms with E-state index in [0.717, 1.165) is 0 Å². The SMILES string of the molecule is COC(=O)c1ccc(/C=N/NC(=O)CNc2n[nH]c(=O)[nH]c2=O)cc1. The van der Waals surface area contributed by atoms with Gasteiger partial charge in [-0.15, -0.1) is 5.10 Å². The number of methoxy groups -OCH3 is 1. The zero-order chi connectivity index (χ0) is 18.2. The molecule has 0 saturated heterocycles. The average Bonchev–Trinajstić information content (AvgIpc) is 2.61. The largest absolute Gasteiger partial charge is 0.465 e. The van der Waals surface area contributed by atoms with Crippen molar-refractivity contribution in [2.75, 3.05) is 19.0 Å². The fourth-order valence-electron chi connectivity index (χ4n) is 1.67. The number of anilines is 1. The molecular weight excluding hydrogens is 332 g/mol. The number of carbonyl (C=O) groups is 2. The number of hydrogen-bond acceptors (Lipinski definition) is 8. The van der Waals surface area contributed by atoms with Crippen LogP contribution in [0.15, 0.2) is 39.0 Å². The summed E-state index contributed by atoms with van der Waals surface area (Å²) in [5.74, 6) is -1.18. The fourth-order valence-corrected chi connectivity index (χ4v) is 1.67. The molecule has 0 unspecified atom stereocenters. The van der Waals surface area contributed by atoms with Gasteiger partial charge in [0, 0.05) is 0 Å². The van der Waals surface area contributed by atoms with E-state index in [1.165, 1.54) is 13.3 Å². The van der Waals surface area contributed by atoms with Crippen molar-refractivity contribution in [2.45, 2.75) is 0 Å². The Hall–Kier alpha value is -3.76. The van der Waals surface area contributed by atoms with Crippen molar-refractivity contribution in [3.8, 4) is 0 Å². The Morgan fingerprint density at radius 1 is 1.28 bits per heavy atom. The van der Waals surface area contributed by atoms with Crippen molar-refractivity contribution >= 4 is 23.9 Å². The van der Waals surface area contributed by atoms with Gasteiger partial charge in [-0.1, -0.05) is 12.1 Å². The molecule has 1 aromatic carbocycles. The predicted molar refractivity (Wildman–Crippen MR) is 87.5 cm³/mol. The molecule has 130 valence electrons. The van der Waals surface area contributed by atoms with Gasteiger partial charge in [0.05, 0.1) is 25.4 Å². The maximum Gasteiger partial charge on any atom is 0.342 e. The number of hydrogen-bond donors (Lipinski definition) is 4. The van der Waals surface area contributed by atoms with E-state index in [1.807, 2.05) is 10.1 Å². The van der Waals surface area contributed by atoms with Crippen molar-refractivity contribution in [3.05, 3.63) is 56.2 Å². The van der Waals surface area contributed by atoms with Gasteiger partial charge in [-0.3, -0.25) is 14.6 Å². The molecule has 0 aliphatic rings. The van der Waals surface area contributed by atoms with Gasteiger partial charge in [-0.05, 0) is 17.7 Å². The molecule has 4 N–H and O–H groups in total. The maximum absolute atomic E-state index is 11.6. The predicted octanol–water partition coefficient (Wildman–Crippen LogP) is -1.19. The van der Waals surface area contributed by atoms with Crippen LogP contribution in [-0.4, -0.2) is 46.9 Å². The molecule has 1 aromatic heterocycles. The van der Waals surface area contributed by atoms with E-state index in [9.17, 15) is 19.2 Å². The Morgan fingerprint density at radius 3 is 2.64 bits per heavy atom. The van der Waals surface area contributed by atoms with E-state index < -0.39 is 23.1 Å². The molecule has 11 heteroatoms. The molecule has 0 aliphatic heterocycles. The number of carbonyl (C=O) groups excluding carboxylic acids is 2. The van der Waals surface area contributed by atoms with E-state index in [4.69, 9.17) is 0 Å². The highest BCUT2D eigenvalue weighted by molar-refractivity contribution is 5.90. The molecule has 0 fully saturated rings. The fraction of sp³-hybridized carbons (Fsp3) is 0.143. The Balaban J connectivity index is 1.84. The Morgan fingerprint density at radius 2 is 2.00 bits per heavy atom. The van der Waals surface area contributed by atoms with Gasteiger partial charge in [-0.25, -0.2) is 20.1 Å². The molecule has 11 nitrogen and oxygen atoms in total. The monoisotopic (exact) mass is 346 g/mol. The zero-order valence-electron chi connectivity index (χ0n) is 13.0. The van der Waals surface area contributed by atoms with Crippen LogP contribution in [0.3, 0.4) is 0 Å². The third kappa shape index (κ3) is 5.13. The van der Waals surface area contributed by atoms with Crippen LogP contribution in [0, 0.1) is 0 Å². The van der Waals surface area contributed by atoms with Crippen LogP contribution in [0.1, 0.15) is 15.9 Å². The van der Waals surface area contributed by atoms with Gasteiger partial charge >= 0.3 is 11.7 Å². The van der Waals surface area contributed by atoms with Crippen LogP contribution >= 0.6 is 0 Å². The minimum atomic E-state index is -0.747. The van der Waals surface area contributed by atoms with Crippen LogP contribution in [0.5, 0.6) is 0 Å². The Kier molecular flexibility index (Phi) is 5.77. The molecule has 1 heterocycles. The standard InChI is InChI=1S/C14H14N6O5/c1-25-13(23)9-4-2-8(3-5-9)6-16-18-10(21)7-15-11-12(22)17-14(24)20-19-11/h2-6H,7H2,1H3,(H,15,19)(H,18,21)(H2,17,20,22,24)/b16-6+. The van der Waals surface area contributed by atoms with Crippen molar-refractivity contribution in [3.63, 3.8) is 0 Å². The van der Waals surface area contributed by atoms with Gasteiger partial charge in [0.25, 0.3) is 11.5 Å². The maximum atomic E-state index is 11.6. The lowest BCUT2D eigenvalue weighted by Gasteiger charge is -2.02. The van der Waals surface area contributed by atoms with E-state index in [2.05, 4.69) is 25.7 Å². The quantitative estimate of drug-likeness (QED) is 0.291. The van der Waals surface area contributed by atoms with E-state index in [0.29, 0.717) is 11.1 Å². The number of amides is 1. The number of esters is 1. The highest BCUT2D eigenvalue weighted by Crippen LogP contribution is 2.03. The Labute approximate surface area is 140 Å². The number of nitrogens with one attached hydrogen (secondary N) is 4. The minimum Gasteiger partial charge on any atom is -0.465 e. The topological polar surface area (TPSA) is 158 Å². The van der Waals surface area contributed by atoms with Crippen LogP contribution in [0.4, 0.5) is 5.82 Å². The second-order valence-corrected chi connectivity index (χ2v) is 4.62. The molecule has 2 rings (SSSR count). The molecule has 0 atom stereocenters. The normalized spacial score (nSPS) is 10.4. The van der Waals surface area contributed by atoms with Crippen molar-refractivity contribution < 1.29 is 14.3 Å². The van der Waals surface area contributed by atoms with Gasteiger partial charge in [-0.2, -0.15) is 5.10 Å². The number of ether oxygens (including phenoxy) is 1. The third-order valence-corrected chi connectivity index (χ3v) is 2.86. The molecule has 0 radical (unpaired) electrons. The second-order valence-electron chi connectivity index (χ2n) is 4.62. The first-order valence-corrected chi connectivity index (χ1v) is 6.93. The van der Waals surface area contributed by atoms with E-state index >= 15 is 0 Å². The molecule has 1 amide bonds. The van der Waals surface area contributed by atoms with Crippen LogP contribution in [0.25, 0.3) is 0 Å². The molecule has 0 aliphatic carbocycles. The van der Waals surface area contributed by atoms with Crippen LogP contribution in [-0.2, 0) is 9.53 Å². The summed E-state index contributed by atoms with van der Waals surface area (Å²) in [6.45, 7) is -0.277. The first-order valence-electron chi connectivity index (χ1n) is 6.93. The van der Waals surface area contributed by atoms with Crippen molar-refractivity contribution in [1.82, 2.24) is 20.6 Å². The number of aromatic nitrogens is 3. The number of nitrogens with zero attached hydrogens (tertiary/aromatic N) is 2. The number of rotatable bonds is 6. The third-order valence-electron chi connectivity index (χ3n) is 2.86.